The maximum absolute atomic E-state index is 13.7. The minimum Gasteiger partial charge on any atom is -0.336 e. The Kier molecular flexibility index (Phi) is 4.39. The molecule has 5 rings (SSSR count). The second kappa shape index (κ2) is 7.01. The molecule has 1 aliphatic heterocycles. The van der Waals surface area contributed by atoms with E-state index in [0.717, 1.165) is 22.2 Å². The Morgan fingerprint density at radius 1 is 1.29 bits per heavy atom. The minimum atomic E-state index is -0.536. The van der Waals surface area contributed by atoms with Crippen LogP contribution in [0, 0.1) is 6.92 Å². The van der Waals surface area contributed by atoms with Crippen molar-refractivity contribution in [3.05, 3.63) is 54.1 Å². The summed E-state index contributed by atoms with van der Waals surface area (Å²) in [4.78, 5) is 29.7. The monoisotopic (exact) mass is 418 g/mol. The molecule has 158 valence electrons. The van der Waals surface area contributed by atoms with Crippen molar-refractivity contribution < 1.29 is 9.18 Å². The van der Waals surface area contributed by atoms with Crippen LogP contribution >= 0.6 is 0 Å². The van der Waals surface area contributed by atoms with Crippen LogP contribution in [-0.2, 0) is 4.79 Å². The summed E-state index contributed by atoms with van der Waals surface area (Å²) in [5.41, 5.74) is 2.91. The quantitative estimate of drug-likeness (QED) is 0.682. The highest BCUT2D eigenvalue weighted by atomic mass is 19.1. The van der Waals surface area contributed by atoms with Gasteiger partial charge in [-0.15, -0.1) is 0 Å². The van der Waals surface area contributed by atoms with Gasteiger partial charge < -0.3 is 15.1 Å². The van der Waals surface area contributed by atoms with E-state index in [2.05, 4.69) is 15.3 Å². The van der Waals surface area contributed by atoms with Crippen molar-refractivity contribution in [3.63, 3.8) is 0 Å². The molecule has 2 aromatic heterocycles. The van der Waals surface area contributed by atoms with Crippen molar-refractivity contribution in [2.24, 2.45) is 0 Å². The summed E-state index contributed by atoms with van der Waals surface area (Å²) in [7, 11) is 1.71. The summed E-state index contributed by atoms with van der Waals surface area (Å²) in [6, 6.07) is 7.94. The molecule has 0 spiro atoms. The lowest BCUT2D eigenvalue weighted by molar-refractivity contribution is -0.117. The average Bonchev–Trinajstić information content (AvgIpc) is 2.74. The van der Waals surface area contributed by atoms with Gasteiger partial charge in [0.25, 0.3) is 0 Å². The van der Waals surface area contributed by atoms with Crippen LogP contribution in [0.2, 0.25) is 0 Å². The Hall–Kier alpha value is -3.55. The number of hydrogen-bond donors (Lipinski definition) is 1. The fourth-order valence-corrected chi connectivity index (χ4v) is 4.31. The first-order chi connectivity index (χ1) is 14.9. The van der Waals surface area contributed by atoms with Crippen LogP contribution in [0.3, 0.4) is 0 Å². The molecule has 1 unspecified atom stereocenters. The molecule has 3 heterocycles. The van der Waals surface area contributed by atoms with Crippen molar-refractivity contribution in [3.8, 4) is 0 Å². The van der Waals surface area contributed by atoms with Crippen LogP contribution in [0.25, 0.3) is 10.9 Å². The zero-order valence-corrected chi connectivity index (χ0v) is 17.7. The van der Waals surface area contributed by atoms with Gasteiger partial charge in [0.15, 0.2) is 5.82 Å². The number of carbonyl (C=O) groups excluding carboxylic acids is 1. The van der Waals surface area contributed by atoms with Crippen LogP contribution < -0.4 is 15.1 Å². The molecule has 2 aliphatic rings. The van der Waals surface area contributed by atoms with E-state index in [0.29, 0.717) is 23.9 Å². The van der Waals surface area contributed by atoms with Gasteiger partial charge in [0.05, 0.1) is 23.8 Å². The fourth-order valence-electron chi connectivity index (χ4n) is 4.31. The number of anilines is 4. The molecule has 3 aromatic rings. The van der Waals surface area contributed by atoms with Gasteiger partial charge in [0.1, 0.15) is 11.5 Å². The summed E-state index contributed by atoms with van der Waals surface area (Å²) in [5.74, 6) is 0.837. The van der Waals surface area contributed by atoms with Crippen molar-refractivity contribution >= 4 is 40.0 Å². The van der Waals surface area contributed by atoms with Gasteiger partial charge in [-0.1, -0.05) is 13.0 Å². The van der Waals surface area contributed by atoms with Gasteiger partial charge in [-0.3, -0.25) is 9.78 Å². The predicted octanol–water partition coefficient (Wildman–Crippen LogP) is 4.27. The Balaban J connectivity index is 1.55. The number of aryl methyl sites for hydroxylation is 1. The Morgan fingerprint density at radius 3 is 2.84 bits per heavy atom. The van der Waals surface area contributed by atoms with Gasteiger partial charge in [-0.05, 0) is 43.2 Å². The van der Waals surface area contributed by atoms with Gasteiger partial charge in [0, 0.05) is 30.7 Å². The highest BCUT2D eigenvalue weighted by Gasteiger charge is 2.46. The van der Waals surface area contributed by atoms with Crippen molar-refractivity contribution in [1.82, 2.24) is 15.0 Å². The lowest BCUT2D eigenvalue weighted by Gasteiger charge is -2.49. The molecule has 1 aromatic carbocycles. The van der Waals surface area contributed by atoms with E-state index in [-0.39, 0.29) is 24.7 Å². The molecular weight excluding hydrogens is 395 g/mol. The summed E-state index contributed by atoms with van der Waals surface area (Å²) in [5, 5.41) is 4.32. The third-order valence-electron chi connectivity index (χ3n) is 6.28. The maximum atomic E-state index is 13.7. The zero-order valence-electron chi connectivity index (χ0n) is 17.7. The highest BCUT2D eigenvalue weighted by molar-refractivity contribution is 6.02. The number of amides is 1. The molecule has 8 heteroatoms. The first-order valence-corrected chi connectivity index (χ1v) is 10.3. The lowest BCUT2D eigenvalue weighted by atomic mass is 9.79. The van der Waals surface area contributed by atoms with Gasteiger partial charge in [-0.25, -0.2) is 9.37 Å². The van der Waals surface area contributed by atoms with Crippen LogP contribution in [-0.4, -0.2) is 40.0 Å². The molecule has 0 bridgehead atoms. The Bertz CT molecular complexity index is 1240. The largest absolute Gasteiger partial charge is 0.336 e. The SMILES string of the molecule is CCC1(N2CC(=O)N(C)c3cnc(Nc4cc5cccnc5cc4C)nc32)C=C(F)C1. The second-order valence-corrected chi connectivity index (χ2v) is 8.15. The number of carbonyl (C=O) groups is 1. The van der Waals surface area contributed by atoms with Gasteiger partial charge >= 0.3 is 0 Å². The Labute approximate surface area is 179 Å². The molecule has 1 atom stereocenters. The summed E-state index contributed by atoms with van der Waals surface area (Å²) < 4.78 is 13.7. The predicted molar refractivity (Wildman–Crippen MR) is 119 cm³/mol. The highest BCUT2D eigenvalue weighted by Crippen LogP contribution is 2.45. The van der Waals surface area contributed by atoms with Gasteiger partial charge in [-0.2, -0.15) is 4.98 Å². The van der Waals surface area contributed by atoms with Gasteiger partial charge in [0.2, 0.25) is 11.9 Å². The molecule has 0 fully saturated rings. The number of pyridine rings is 1. The maximum Gasteiger partial charge on any atom is 0.246 e. The first kappa shape index (κ1) is 19.4. The molecule has 31 heavy (non-hydrogen) atoms. The van der Waals surface area contributed by atoms with Crippen LogP contribution in [0.15, 0.2) is 48.6 Å². The smallest absolute Gasteiger partial charge is 0.246 e. The summed E-state index contributed by atoms with van der Waals surface area (Å²) in [6.45, 7) is 4.15. The molecule has 0 radical (unpaired) electrons. The molecule has 0 saturated heterocycles. The number of nitrogens with zero attached hydrogens (tertiary/aromatic N) is 5. The number of benzene rings is 1. The van der Waals surface area contributed by atoms with Crippen molar-refractivity contribution in [2.45, 2.75) is 32.2 Å². The Morgan fingerprint density at radius 2 is 2.10 bits per heavy atom. The molecule has 1 amide bonds. The number of fused-ring (bicyclic) bond motifs is 2. The number of hydrogen-bond acceptors (Lipinski definition) is 6. The van der Waals surface area contributed by atoms with E-state index in [4.69, 9.17) is 4.98 Å². The number of halogens is 1. The van der Waals surface area contributed by atoms with E-state index in [1.54, 1.807) is 30.4 Å². The topological polar surface area (TPSA) is 74.2 Å². The summed E-state index contributed by atoms with van der Waals surface area (Å²) >= 11 is 0. The molecule has 7 nitrogen and oxygen atoms in total. The number of nitrogens with one attached hydrogen (secondary N) is 1. The van der Waals surface area contributed by atoms with Crippen LogP contribution in [0.1, 0.15) is 25.3 Å². The van der Waals surface area contributed by atoms with E-state index < -0.39 is 5.54 Å². The molecular formula is C23H23FN6O. The first-order valence-electron chi connectivity index (χ1n) is 10.3. The third kappa shape index (κ3) is 3.10. The third-order valence-corrected chi connectivity index (χ3v) is 6.28. The normalized spacial score (nSPS) is 20.4. The minimum absolute atomic E-state index is 0.0665. The number of rotatable bonds is 4. The average molecular weight is 418 g/mol. The molecule has 0 saturated carbocycles. The van der Waals surface area contributed by atoms with E-state index in [1.807, 2.05) is 43.0 Å². The summed E-state index contributed by atoms with van der Waals surface area (Å²) in [6.07, 6.45) is 5.98. The lowest BCUT2D eigenvalue weighted by Crippen LogP contribution is -2.58. The van der Waals surface area contributed by atoms with Crippen LogP contribution in [0.5, 0.6) is 0 Å². The van der Waals surface area contributed by atoms with Crippen molar-refractivity contribution in [2.75, 3.05) is 28.7 Å². The fraction of sp³-hybridized carbons (Fsp3) is 0.304. The van der Waals surface area contributed by atoms with E-state index in [1.165, 1.54) is 0 Å². The number of aromatic nitrogens is 3. The van der Waals surface area contributed by atoms with E-state index in [9.17, 15) is 9.18 Å². The second-order valence-electron chi connectivity index (χ2n) is 8.15. The van der Waals surface area contributed by atoms with Crippen LogP contribution in [0.4, 0.5) is 27.5 Å². The molecule has 1 N–H and O–H groups in total. The zero-order chi connectivity index (χ0) is 21.8. The number of likely N-dealkylation sites (N-methyl/N-ethyl adjacent to an activating group) is 1. The van der Waals surface area contributed by atoms with E-state index >= 15 is 0 Å². The molecule has 1 aliphatic carbocycles. The standard InChI is InChI=1S/C23H23FN6O/c1-4-23(10-16(24)11-23)30-13-20(31)29(3)19-12-26-22(28-21(19)30)27-17-9-15-6-5-7-25-18(15)8-14(17)2/h5-10,12H,4,11,13H2,1-3H3,(H,26,27,28). The van der Waals surface area contributed by atoms with Crippen molar-refractivity contribution in [1.29, 1.82) is 0 Å².